The molecule has 2 rings (SSSR count). The van der Waals surface area contributed by atoms with E-state index in [1.165, 1.54) is 13.1 Å². The molecule has 1 aliphatic rings. The Morgan fingerprint density at radius 1 is 1.25 bits per heavy atom. The fraction of sp³-hybridized carbons (Fsp3) is 0.667. The number of nitrogens with one attached hydrogen (secondary N) is 2. The third-order valence-corrected chi connectivity index (χ3v) is 4.40. The zero-order chi connectivity index (χ0) is 14.8. The maximum atomic E-state index is 12.7. The number of alkyl halides is 3. The summed E-state index contributed by atoms with van der Waals surface area (Å²) in [6.07, 6.45) is 0.488. The van der Waals surface area contributed by atoms with E-state index in [0.717, 1.165) is 19.3 Å². The van der Waals surface area contributed by atoms with Crippen molar-refractivity contribution in [1.82, 2.24) is 9.97 Å². The lowest BCUT2D eigenvalue weighted by molar-refractivity contribution is -0.144. The number of aromatic nitrogens is 2. The number of hydrogen-bond donors (Lipinski definition) is 2. The molecule has 0 saturated heterocycles. The van der Waals surface area contributed by atoms with Gasteiger partial charge in [0.05, 0.1) is 0 Å². The van der Waals surface area contributed by atoms with Crippen molar-refractivity contribution in [1.29, 1.82) is 0 Å². The van der Waals surface area contributed by atoms with Crippen LogP contribution >= 0.6 is 11.8 Å². The van der Waals surface area contributed by atoms with Crippen molar-refractivity contribution >= 4 is 23.4 Å². The van der Waals surface area contributed by atoms with Crippen molar-refractivity contribution < 1.29 is 13.2 Å². The Bertz CT molecular complexity index is 467. The summed E-state index contributed by atoms with van der Waals surface area (Å²) in [6, 6.07) is 1.68. The van der Waals surface area contributed by atoms with E-state index in [0.29, 0.717) is 5.25 Å². The Kier molecular flexibility index (Phi) is 4.62. The van der Waals surface area contributed by atoms with Crippen LogP contribution in [0.1, 0.15) is 25.1 Å². The van der Waals surface area contributed by atoms with Crippen molar-refractivity contribution in [2.24, 2.45) is 0 Å². The molecular weight excluding hydrogens is 289 g/mol. The average Bonchev–Trinajstić information content (AvgIpc) is 2.85. The van der Waals surface area contributed by atoms with Crippen molar-refractivity contribution in [3.8, 4) is 0 Å². The minimum absolute atomic E-state index is 0.161. The standard InChI is InChI=1S/C12H17F3N4S/c1-16-9-6-10(19-11(18-9)12(13,14)15)17-7-3-4-8(5-7)20-2/h6-8H,3-5H2,1-2H3,(H2,16,17,18,19). The molecule has 2 atom stereocenters. The molecule has 0 aliphatic heterocycles. The van der Waals surface area contributed by atoms with Gasteiger partial charge in [0, 0.05) is 24.4 Å². The van der Waals surface area contributed by atoms with Gasteiger partial charge in [-0.25, -0.2) is 9.97 Å². The monoisotopic (exact) mass is 306 g/mol. The number of nitrogens with zero attached hydrogens (tertiary/aromatic N) is 2. The first-order chi connectivity index (χ1) is 9.42. The second kappa shape index (κ2) is 6.07. The summed E-state index contributed by atoms with van der Waals surface area (Å²) in [7, 11) is 1.53. The Morgan fingerprint density at radius 3 is 2.50 bits per heavy atom. The van der Waals surface area contributed by atoms with Crippen LogP contribution in [0, 0.1) is 0 Å². The van der Waals surface area contributed by atoms with Gasteiger partial charge >= 0.3 is 6.18 Å². The normalized spacial score (nSPS) is 22.9. The van der Waals surface area contributed by atoms with Gasteiger partial charge in [0.1, 0.15) is 11.6 Å². The van der Waals surface area contributed by atoms with E-state index >= 15 is 0 Å². The Morgan fingerprint density at radius 2 is 1.95 bits per heavy atom. The molecule has 0 aromatic carbocycles. The van der Waals surface area contributed by atoms with E-state index in [1.807, 2.05) is 0 Å². The van der Waals surface area contributed by atoms with E-state index in [-0.39, 0.29) is 17.7 Å². The van der Waals surface area contributed by atoms with Crippen LogP contribution in [0.2, 0.25) is 0 Å². The zero-order valence-electron chi connectivity index (χ0n) is 11.3. The number of rotatable bonds is 4. The van der Waals surface area contributed by atoms with Gasteiger partial charge in [0.2, 0.25) is 5.82 Å². The average molecular weight is 306 g/mol. The van der Waals surface area contributed by atoms with Crippen molar-refractivity contribution in [2.75, 3.05) is 23.9 Å². The molecule has 2 unspecified atom stereocenters. The third kappa shape index (κ3) is 3.68. The molecule has 0 amide bonds. The van der Waals surface area contributed by atoms with Crippen molar-refractivity contribution in [3.05, 3.63) is 11.9 Å². The third-order valence-electron chi connectivity index (χ3n) is 3.31. The van der Waals surface area contributed by atoms with Gasteiger partial charge in [-0.2, -0.15) is 24.9 Å². The molecule has 2 N–H and O–H groups in total. The fourth-order valence-electron chi connectivity index (χ4n) is 2.27. The number of thioether (sulfide) groups is 1. The van der Waals surface area contributed by atoms with Crippen LogP contribution in [0.3, 0.4) is 0 Å². The van der Waals surface area contributed by atoms with Gasteiger partial charge in [-0.1, -0.05) is 0 Å². The predicted molar refractivity (Wildman–Crippen MR) is 75.1 cm³/mol. The van der Waals surface area contributed by atoms with Crippen LogP contribution in [-0.2, 0) is 6.18 Å². The first kappa shape index (κ1) is 15.2. The minimum Gasteiger partial charge on any atom is -0.373 e. The molecule has 8 heteroatoms. The quantitative estimate of drug-likeness (QED) is 0.894. The molecule has 1 aromatic heterocycles. The van der Waals surface area contributed by atoms with Gasteiger partial charge in [0.25, 0.3) is 0 Å². The maximum absolute atomic E-state index is 12.7. The molecule has 20 heavy (non-hydrogen) atoms. The minimum atomic E-state index is -4.54. The second-order valence-electron chi connectivity index (χ2n) is 4.72. The predicted octanol–water partition coefficient (Wildman–Crippen LogP) is 3.23. The number of halogens is 3. The van der Waals surface area contributed by atoms with E-state index < -0.39 is 12.0 Å². The second-order valence-corrected chi connectivity index (χ2v) is 5.86. The molecule has 112 valence electrons. The van der Waals surface area contributed by atoms with Crippen LogP contribution in [0.15, 0.2) is 6.07 Å². The molecule has 1 aliphatic carbocycles. The van der Waals surface area contributed by atoms with Gasteiger partial charge < -0.3 is 10.6 Å². The fourth-order valence-corrected chi connectivity index (χ4v) is 3.07. The summed E-state index contributed by atoms with van der Waals surface area (Å²) in [4.78, 5) is 7.01. The molecule has 1 fully saturated rings. The van der Waals surface area contributed by atoms with Crippen LogP contribution in [-0.4, -0.2) is 34.6 Å². The van der Waals surface area contributed by atoms with E-state index in [1.54, 1.807) is 11.8 Å². The summed E-state index contributed by atoms with van der Waals surface area (Å²) < 4.78 is 38.2. The maximum Gasteiger partial charge on any atom is 0.451 e. The van der Waals surface area contributed by atoms with E-state index in [4.69, 9.17) is 0 Å². The summed E-state index contributed by atoms with van der Waals surface area (Å²) >= 11 is 1.80. The van der Waals surface area contributed by atoms with E-state index in [9.17, 15) is 13.2 Å². The van der Waals surface area contributed by atoms with Gasteiger partial charge in [-0.05, 0) is 25.5 Å². The van der Waals surface area contributed by atoms with Gasteiger partial charge in [-0.15, -0.1) is 0 Å². The summed E-state index contributed by atoms with van der Waals surface area (Å²) in [6.45, 7) is 0. The largest absolute Gasteiger partial charge is 0.451 e. The number of anilines is 2. The topological polar surface area (TPSA) is 49.8 Å². The highest BCUT2D eigenvalue weighted by molar-refractivity contribution is 7.99. The lowest BCUT2D eigenvalue weighted by atomic mass is 10.2. The highest BCUT2D eigenvalue weighted by Gasteiger charge is 2.35. The number of hydrogen-bond acceptors (Lipinski definition) is 5. The summed E-state index contributed by atoms with van der Waals surface area (Å²) in [5.74, 6) is -0.732. The molecule has 1 saturated carbocycles. The molecule has 0 bridgehead atoms. The van der Waals surface area contributed by atoms with Crippen LogP contribution < -0.4 is 10.6 Å². The Balaban J connectivity index is 2.15. The molecule has 1 heterocycles. The first-order valence-electron chi connectivity index (χ1n) is 6.35. The summed E-state index contributed by atoms with van der Waals surface area (Å²) in [5.41, 5.74) is 0. The van der Waals surface area contributed by atoms with Crippen LogP contribution in [0.5, 0.6) is 0 Å². The van der Waals surface area contributed by atoms with Crippen LogP contribution in [0.25, 0.3) is 0 Å². The van der Waals surface area contributed by atoms with Crippen molar-refractivity contribution in [3.63, 3.8) is 0 Å². The first-order valence-corrected chi connectivity index (χ1v) is 7.64. The van der Waals surface area contributed by atoms with Crippen LogP contribution in [0.4, 0.5) is 24.8 Å². The molecule has 1 aromatic rings. The Hall–Kier alpha value is -1.18. The Labute approximate surface area is 120 Å². The van der Waals surface area contributed by atoms with Gasteiger partial charge in [-0.3, -0.25) is 0 Å². The molecular formula is C12H17F3N4S. The zero-order valence-corrected chi connectivity index (χ0v) is 12.1. The smallest absolute Gasteiger partial charge is 0.373 e. The summed E-state index contributed by atoms with van der Waals surface area (Å²) in [5, 5.41) is 6.29. The van der Waals surface area contributed by atoms with Crippen molar-refractivity contribution in [2.45, 2.75) is 36.7 Å². The van der Waals surface area contributed by atoms with E-state index in [2.05, 4.69) is 26.9 Å². The molecule has 0 radical (unpaired) electrons. The highest BCUT2D eigenvalue weighted by atomic mass is 32.2. The van der Waals surface area contributed by atoms with Gasteiger partial charge in [0.15, 0.2) is 0 Å². The lowest BCUT2D eigenvalue weighted by Gasteiger charge is -2.15. The molecule has 4 nitrogen and oxygen atoms in total. The molecule has 0 spiro atoms. The highest BCUT2D eigenvalue weighted by Crippen LogP contribution is 2.32. The SMILES string of the molecule is CNc1cc(NC2CCC(SC)C2)nc(C(F)(F)F)n1. The lowest BCUT2D eigenvalue weighted by Crippen LogP contribution is -2.20.